The average Bonchev–Trinajstić information content (AvgIpc) is 3.17. The topological polar surface area (TPSA) is 177 Å². The molecule has 2 N–H and O–H groups in total. The minimum Gasteiger partial charge on any atom is -0.469 e. The van der Waals surface area contributed by atoms with Gasteiger partial charge in [0, 0.05) is 54.3 Å². The molecule has 4 heterocycles. The predicted molar refractivity (Wildman–Crippen MR) is 144 cm³/mol. The van der Waals surface area contributed by atoms with Crippen LogP contribution in [0.25, 0.3) is 0 Å². The molecule has 4 aliphatic heterocycles. The highest BCUT2D eigenvalue weighted by Crippen LogP contribution is 2.80. The number of hydrogen-bond acceptors (Lipinski definition) is 13. The SMILES string of the molecule is COC(=O)C(=O)[C@@H]1[C@@]2(C)[C@@H](OC(C)=O)C[C@@H](OC(C)=O)[C@@]3(C)CO[C@H]([C@H]32)[C@@H](O)[C@@]1(C)[C@]12O[C@@]1(C)[C@H]1C[C@@H]2O[C@@H]2OC=C[C@@]21O. The van der Waals surface area contributed by atoms with Gasteiger partial charge in [0.2, 0.25) is 12.1 Å². The number of epoxide rings is 1. The van der Waals surface area contributed by atoms with Crippen molar-refractivity contribution in [3.63, 3.8) is 0 Å². The van der Waals surface area contributed by atoms with Gasteiger partial charge >= 0.3 is 17.9 Å². The number of rotatable bonds is 5. The molecule has 44 heavy (non-hydrogen) atoms. The van der Waals surface area contributed by atoms with Gasteiger partial charge in [-0.25, -0.2) is 4.79 Å². The van der Waals surface area contributed by atoms with Crippen molar-refractivity contribution in [2.24, 2.45) is 34.0 Å². The molecule has 0 aromatic carbocycles. The molecular formula is C31H40O13. The average molecular weight is 621 g/mol. The fourth-order valence-corrected chi connectivity index (χ4v) is 11.3. The van der Waals surface area contributed by atoms with E-state index in [1.54, 1.807) is 13.8 Å². The Labute approximate surface area is 254 Å². The van der Waals surface area contributed by atoms with Gasteiger partial charge in [-0.1, -0.05) is 20.8 Å². The molecule has 2 bridgehead atoms. The van der Waals surface area contributed by atoms with Crippen LogP contribution in [-0.4, -0.2) is 101 Å². The lowest BCUT2D eigenvalue weighted by Gasteiger charge is -2.66. The van der Waals surface area contributed by atoms with Crippen LogP contribution in [0.4, 0.5) is 0 Å². The van der Waals surface area contributed by atoms with Crippen LogP contribution in [-0.2, 0) is 52.3 Å². The Bertz CT molecular complexity index is 1380. The summed E-state index contributed by atoms with van der Waals surface area (Å²) < 4.78 is 41.7. The number of aliphatic hydroxyl groups excluding tert-OH is 1. The molecule has 3 saturated heterocycles. The zero-order valence-electron chi connectivity index (χ0n) is 25.9. The second-order valence-electron chi connectivity index (χ2n) is 14.6. The van der Waals surface area contributed by atoms with Crippen LogP contribution in [0.2, 0.25) is 0 Å². The third kappa shape index (κ3) is 3.13. The molecule has 6 fully saturated rings. The summed E-state index contributed by atoms with van der Waals surface area (Å²) in [5, 5.41) is 24.3. The molecule has 242 valence electrons. The van der Waals surface area contributed by atoms with Crippen molar-refractivity contribution in [2.75, 3.05) is 13.7 Å². The predicted octanol–water partition coefficient (Wildman–Crippen LogP) is 0.568. The highest BCUT2D eigenvalue weighted by Gasteiger charge is 2.94. The second kappa shape index (κ2) is 8.81. The van der Waals surface area contributed by atoms with Crippen LogP contribution in [0.3, 0.4) is 0 Å². The molecule has 13 nitrogen and oxygen atoms in total. The van der Waals surface area contributed by atoms with Crippen LogP contribution in [0.1, 0.15) is 54.4 Å². The summed E-state index contributed by atoms with van der Waals surface area (Å²) in [6, 6.07) is 0. The van der Waals surface area contributed by atoms with E-state index in [0.29, 0.717) is 6.42 Å². The van der Waals surface area contributed by atoms with Crippen LogP contribution >= 0.6 is 0 Å². The Morgan fingerprint density at radius 2 is 1.64 bits per heavy atom. The summed E-state index contributed by atoms with van der Waals surface area (Å²) in [5.41, 5.74) is -7.88. The summed E-state index contributed by atoms with van der Waals surface area (Å²) >= 11 is 0. The summed E-state index contributed by atoms with van der Waals surface area (Å²) in [6.07, 6.45) is -2.61. The van der Waals surface area contributed by atoms with Crippen LogP contribution in [0.5, 0.6) is 0 Å². The third-order valence-electron chi connectivity index (χ3n) is 12.8. The molecule has 15 atom stereocenters. The molecule has 7 rings (SSSR count). The molecule has 0 radical (unpaired) electrons. The third-order valence-corrected chi connectivity index (χ3v) is 12.8. The van der Waals surface area contributed by atoms with Gasteiger partial charge in [0.05, 0.1) is 38.3 Å². The monoisotopic (exact) mass is 620 g/mol. The first-order chi connectivity index (χ1) is 20.5. The minimum absolute atomic E-state index is 0.0318. The van der Waals surface area contributed by atoms with E-state index in [1.807, 2.05) is 13.8 Å². The number of carbonyl (C=O) groups is 4. The van der Waals surface area contributed by atoms with Crippen molar-refractivity contribution in [3.8, 4) is 0 Å². The highest BCUT2D eigenvalue weighted by atomic mass is 16.7. The zero-order chi connectivity index (χ0) is 32.0. The first kappa shape index (κ1) is 30.1. The smallest absolute Gasteiger partial charge is 0.374 e. The molecule has 7 aliphatic rings. The van der Waals surface area contributed by atoms with Crippen molar-refractivity contribution < 1.29 is 62.5 Å². The molecule has 3 aliphatic carbocycles. The Morgan fingerprint density at radius 1 is 0.977 bits per heavy atom. The van der Waals surface area contributed by atoms with Gasteiger partial charge in [-0.3, -0.25) is 14.4 Å². The molecule has 0 aromatic rings. The fourth-order valence-electron chi connectivity index (χ4n) is 11.3. The van der Waals surface area contributed by atoms with Crippen molar-refractivity contribution in [1.29, 1.82) is 0 Å². The molecule has 13 heteroatoms. The van der Waals surface area contributed by atoms with Crippen molar-refractivity contribution in [2.45, 2.75) is 108 Å². The first-order valence-electron chi connectivity index (χ1n) is 15.2. The largest absolute Gasteiger partial charge is 0.469 e. The number of hydrogen-bond donors (Lipinski definition) is 2. The normalized spacial score (nSPS) is 55.6. The quantitative estimate of drug-likeness (QED) is 0.189. The zero-order valence-corrected chi connectivity index (χ0v) is 25.9. The molecule has 0 spiro atoms. The molecular weight excluding hydrogens is 580 g/mol. The number of fused-ring (bicyclic) bond motifs is 7. The highest BCUT2D eigenvalue weighted by molar-refractivity contribution is 6.35. The molecule has 0 amide bonds. The maximum Gasteiger partial charge on any atom is 0.374 e. The summed E-state index contributed by atoms with van der Waals surface area (Å²) in [4.78, 5) is 52.6. The van der Waals surface area contributed by atoms with Gasteiger partial charge in [0.1, 0.15) is 23.4 Å². The summed E-state index contributed by atoms with van der Waals surface area (Å²) in [6.45, 7) is 9.76. The Balaban J connectivity index is 1.45. The number of esters is 3. The van der Waals surface area contributed by atoms with Crippen LogP contribution < -0.4 is 0 Å². The van der Waals surface area contributed by atoms with E-state index in [2.05, 4.69) is 0 Å². The Morgan fingerprint density at radius 3 is 2.27 bits per heavy atom. The lowest BCUT2D eigenvalue weighted by atomic mass is 9.38. The fraction of sp³-hybridized carbons (Fsp3) is 0.806. The number of ether oxygens (including phenoxy) is 7. The summed E-state index contributed by atoms with van der Waals surface area (Å²) in [5.74, 6) is -5.80. The maximum atomic E-state index is 14.5. The van der Waals surface area contributed by atoms with Gasteiger partial charge in [0.15, 0.2) is 5.60 Å². The molecule has 0 unspecified atom stereocenters. The lowest BCUT2D eigenvalue weighted by Crippen LogP contribution is -2.76. The van der Waals surface area contributed by atoms with Crippen molar-refractivity contribution in [3.05, 3.63) is 12.3 Å². The van der Waals surface area contributed by atoms with Crippen LogP contribution in [0.15, 0.2) is 12.3 Å². The number of Topliss-reactive ketones (excluding diaryl/α,β-unsaturated/α-hetero) is 1. The van der Waals surface area contributed by atoms with E-state index in [1.165, 1.54) is 26.2 Å². The van der Waals surface area contributed by atoms with Gasteiger partial charge in [-0.05, 0) is 19.4 Å². The first-order valence-corrected chi connectivity index (χ1v) is 15.2. The standard InChI is InChI=1S/C31H40O13/c1-13(32)41-16-11-17(42-14(2)33)27(4)21(19(34)24(36)38-7)28(5,23(35)20-22(27)26(16,3)12-40-20)31-18-10-15(29(31,6)44-31)30(37)8-9-39-25(30)43-18/h8-9,15-18,20-23,25,35,37H,10-12H2,1-7H3/t15-,16-,17+,18+,20-,21-,22-,23-,25+,26-,27-,28+,29+,30+,31+/m1/s1. The number of carbonyl (C=O) groups excluding carboxylic acids is 4. The Kier molecular flexibility index (Phi) is 6.03. The van der Waals surface area contributed by atoms with E-state index in [0.717, 1.165) is 7.11 Å². The van der Waals surface area contributed by atoms with Gasteiger partial charge in [0.25, 0.3) is 0 Å². The van der Waals surface area contributed by atoms with E-state index in [9.17, 15) is 29.4 Å². The van der Waals surface area contributed by atoms with Gasteiger partial charge in [-0.15, -0.1) is 0 Å². The van der Waals surface area contributed by atoms with Crippen molar-refractivity contribution in [1.82, 2.24) is 0 Å². The maximum absolute atomic E-state index is 14.5. The van der Waals surface area contributed by atoms with Crippen LogP contribution in [0, 0.1) is 34.0 Å². The lowest BCUT2D eigenvalue weighted by molar-refractivity contribution is -0.295. The summed E-state index contributed by atoms with van der Waals surface area (Å²) in [7, 11) is 1.11. The Hall–Kier alpha value is -2.58. The van der Waals surface area contributed by atoms with Crippen molar-refractivity contribution >= 4 is 23.7 Å². The second-order valence-corrected chi connectivity index (χ2v) is 14.6. The van der Waals surface area contributed by atoms with E-state index in [4.69, 9.17) is 33.2 Å². The number of aliphatic hydroxyl groups is 2. The van der Waals surface area contributed by atoms with Gasteiger partial charge < -0.3 is 43.4 Å². The molecule has 0 aromatic heterocycles. The van der Waals surface area contributed by atoms with E-state index in [-0.39, 0.29) is 13.0 Å². The van der Waals surface area contributed by atoms with E-state index < -0.39 is 111 Å². The number of methoxy groups -OCH3 is 1. The van der Waals surface area contributed by atoms with Gasteiger partial charge in [-0.2, -0.15) is 0 Å². The number of ketones is 1. The van der Waals surface area contributed by atoms with E-state index >= 15 is 0 Å². The molecule has 3 saturated carbocycles. The minimum atomic E-state index is -1.60.